The first kappa shape index (κ1) is 14.4. The molecule has 0 unspecified atom stereocenters. The third-order valence-corrected chi connectivity index (χ3v) is 2.81. The highest BCUT2D eigenvalue weighted by atomic mass is 19.4. The minimum atomic E-state index is -4.21. The van der Waals surface area contributed by atoms with E-state index in [2.05, 4.69) is 10.1 Å². The summed E-state index contributed by atoms with van der Waals surface area (Å²) in [6.07, 6.45) is -4.36. The molecule has 0 fully saturated rings. The molecule has 0 aliphatic carbocycles. The molecule has 2 aromatic rings. The number of halogens is 3. The highest BCUT2D eigenvalue weighted by molar-refractivity contribution is 5.46. The summed E-state index contributed by atoms with van der Waals surface area (Å²) in [4.78, 5) is 3.94. The van der Waals surface area contributed by atoms with Crippen LogP contribution < -0.4 is 5.73 Å². The normalized spacial score (nSPS) is 11.8. The molecular formula is C13H14F3N3O. The first-order chi connectivity index (χ1) is 9.44. The molecule has 0 radical (unpaired) electrons. The Bertz CT molecular complexity index is 566. The fourth-order valence-corrected chi connectivity index (χ4v) is 1.75. The van der Waals surface area contributed by atoms with Crippen LogP contribution in [0.25, 0.3) is 0 Å². The van der Waals surface area contributed by atoms with Gasteiger partial charge in [0.05, 0.1) is 6.42 Å². The van der Waals surface area contributed by atoms with Gasteiger partial charge in [0.2, 0.25) is 5.89 Å². The average molecular weight is 285 g/mol. The topological polar surface area (TPSA) is 64.9 Å². The van der Waals surface area contributed by atoms with Gasteiger partial charge in [-0.05, 0) is 18.1 Å². The summed E-state index contributed by atoms with van der Waals surface area (Å²) in [6.45, 7) is 0. The number of aryl methyl sites for hydroxylation is 3. The molecule has 0 aliphatic heterocycles. The number of nitrogen functional groups attached to an aromatic ring is 1. The fraction of sp³-hybridized carbons (Fsp3) is 0.385. The van der Waals surface area contributed by atoms with Gasteiger partial charge in [0.25, 0.3) is 0 Å². The maximum Gasteiger partial charge on any atom is 0.389 e. The van der Waals surface area contributed by atoms with E-state index in [1.54, 1.807) is 6.07 Å². The van der Waals surface area contributed by atoms with Crippen molar-refractivity contribution in [2.45, 2.75) is 31.9 Å². The van der Waals surface area contributed by atoms with Gasteiger partial charge in [-0.2, -0.15) is 18.2 Å². The summed E-state index contributed by atoms with van der Waals surface area (Å²) >= 11 is 0. The number of aromatic nitrogens is 2. The SMILES string of the molecule is Nc1ccccc1CCc1nc(CCC(F)(F)F)no1. The lowest BCUT2D eigenvalue weighted by atomic mass is 10.1. The Balaban J connectivity index is 1.89. The lowest BCUT2D eigenvalue weighted by molar-refractivity contribution is -0.134. The average Bonchev–Trinajstić information content (AvgIpc) is 2.83. The highest BCUT2D eigenvalue weighted by Gasteiger charge is 2.27. The van der Waals surface area contributed by atoms with Gasteiger partial charge in [0.1, 0.15) is 0 Å². The standard InChI is InChI=1S/C13H14F3N3O/c14-13(15,16)8-7-11-18-12(20-19-11)6-5-9-3-1-2-4-10(9)17/h1-4H,5-8,17H2. The Kier molecular flexibility index (Phi) is 4.26. The van der Waals surface area contributed by atoms with Crippen LogP contribution >= 0.6 is 0 Å². The molecule has 0 bridgehead atoms. The number of alkyl halides is 3. The van der Waals surface area contributed by atoms with Gasteiger partial charge < -0.3 is 10.3 Å². The molecular weight excluding hydrogens is 271 g/mol. The van der Waals surface area contributed by atoms with Crippen molar-refractivity contribution in [1.82, 2.24) is 10.1 Å². The summed E-state index contributed by atoms with van der Waals surface area (Å²) in [5, 5.41) is 3.54. The second-order valence-corrected chi connectivity index (χ2v) is 4.42. The Labute approximate surface area is 113 Å². The smallest absolute Gasteiger partial charge is 0.389 e. The lowest BCUT2D eigenvalue weighted by Gasteiger charge is -2.02. The highest BCUT2D eigenvalue weighted by Crippen LogP contribution is 2.21. The number of hydrogen-bond acceptors (Lipinski definition) is 4. The van der Waals surface area contributed by atoms with E-state index >= 15 is 0 Å². The van der Waals surface area contributed by atoms with Crippen LogP contribution in [0.1, 0.15) is 23.7 Å². The lowest BCUT2D eigenvalue weighted by Crippen LogP contribution is -2.09. The van der Waals surface area contributed by atoms with Gasteiger partial charge in [-0.15, -0.1) is 0 Å². The summed E-state index contributed by atoms with van der Waals surface area (Å²) in [6, 6.07) is 7.38. The molecule has 4 nitrogen and oxygen atoms in total. The van der Waals surface area contributed by atoms with Gasteiger partial charge >= 0.3 is 6.18 Å². The van der Waals surface area contributed by atoms with Gasteiger partial charge in [-0.1, -0.05) is 23.4 Å². The van der Waals surface area contributed by atoms with Crippen molar-refractivity contribution in [2.75, 3.05) is 5.73 Å². The van der Waals surface area contributed by atoms with Crippen molar-refractivity contribution in [3.05, 3.63) is 41.5 Å². The number of para-hydroxylation sites is 1. The summed E-state index contributed by atoms with van der Waals surface area (Å²) in [5.41, 5.74) is 7.41. The van der Waals surface area contributed by atoms with Gasteiger partial charge in [-0.3, -0.25) is 0 Å². The largest absolute Gasteiger partial charge is 0.399 e. The molecule has 1 aromatic carbocycles. The number of nitrogens with two attached hydrogens (primary N) is 1. The zero-order chi connectivity index (χ0) is 14.6. The van der Waals surface area contributed by atoms with E-state index in [0.717, 1.165) is 5.56 Å². The predicted octanol–water partition coefficient (Wildman–Crippen LogP) is 2.93. The molecule has 2 N–H and O–H groups in total. The van der Waals surface area contributed by atoms with Crippen molar-refractivity contribution in [3.8, 4) is 0 Å². The third kappa shape index (κ3) is 4.25. The van der Waals surface area contributed by atoms with Crippen molar-refractivity contribution in [2.24, 2.45) is 0 Å². The van der Waals surface area contributed by atoms with Crippen LogP contribution in [-0.4, -0.2) is 16.3 Å². The number of benzene rings is 1. The van der Waals surface area contributed by atoms with Crippen LogP contribution in [0.4, 0.5) is 18.9 Å². The van der Waals surface area contributed by atoms with Crippen LogP contribution in [-0.2, 0) is 19.3 Å². The van der Waals surface area contributed by atoms with E-state index in [9.17, 15) is 13.2 Å². The van der Waals surface area contributed by atoms with E-state index in [4.69, 9.17) is 10.3 Å². The molecule has 0 saturated heterocycles. The van der Waals surface area contributed by atoms with Crippen molar-refractivity contribution in [1.29, 1.82) is 0 Å². The predicted molar refractivity (Wildman–Crippen MR) is 66.9 cm³/mol. The number of rotatable bonds is 5. The van der Waals surface area contributed by atoms with Gasteiger partial charge in [0, 0.05) is 18.5 Å². The monoisotopic (exact) mass is 285 g/mol. The number of anilines is 1. The Morgan fingerprint density at radius 2 is 1.85 bits per heavy atom. The van der Waals surface area contributed by atoms with Crippen LogP contribution in [0, 0.1) is 0 Å². The molecule has 20 heavy (non-hydrogen) atoms. The maximum absolute atomic E-state index is 12.1. The van der Waals surface area contributed by atoms with E-state index in [0.29, 0.717) is 24.4 Å². The summed E-state index contributed by atoms with van der Waals surface area (Å²) in [7, 11) is 0. The first-order valence-corrected chi connectivity index (χ1v) is 6.15. The van der Waals surface area contributed by atoms with Crippen molar-refractivity contribution >= 4 is 5.69 Å². The van der Waals surface area contributed by atoms with E-state index < -0.39 is 12.6 Å². The second-order valence-electron chi connectivity index (χ2n) is 4.42. The Hall–Kier alpha value is -2.05. The first-order valence-electron chi connectivity index (χ1n) is 6.15. The molecule has 7 heteroatoms. The summed E-state index contributed by atoms with van der Waals surface area (Å²) < 4.78 is 41.1. The molecule has 1 aromatic heterocycles. The minimum Gasteiger partial charge on any atom is -0.399 e. The van der Waals surface area contributed by atoms with Crippen LogP contribution in [0.2, 0.25) is 0 Å². The number of nitrogens with zero attached hydrogens (tertiary/aromatic N) is 2. The summed E-state index contributed by atoms with van der Waals surface area (Å²) in [5.74, 6) is 0.406. The molecule has 2 rings (SSSR count). The van der Waals surface area contributed by atoms with Crippen molar-refractivity contribution < 1.29 is 17.7 Å². The molecule has 0 saturated carbocycles. The third-order valence-electron chi connectivity index (χ3n) is 2.81. The number of hydrogen-bond donors (Lipinski definition) is 1. The van der Waals surface area contributed by atoms with Crippen LogP contribution in [0.5, 0.6) is 0 Å². The van der Waals surface area contributed by atoms with E-state index in [1.807, 2.05) is 18.2 Å². The van der Waals surface area contributed by atoms with Crippen LogP contribution in [0.15, 0.2) is 28.8 Å². The van der Waals surface area contributed by atoms with Gasteiger partial charge in [0.15, 0.2) is 5.82 Å². The zero-order valence-electron chi connectivity index (χ0n) is 10.7. The van der Waals surface area contributed by atoms with E-state index in [-0.39, 0.29) is 12.2 Å². The Morgan fingerprint density at radius 1 is 1.10 bits per heavy atom. The van der Waals surface area contributed by atoms with Crippen LogP contribution in [0.3, 0.4) is 0 Å². The maximum atomic E-state index is 12.1. The van der Waals surface area contributed by atoms with Gasteiger partial charge in [-0.25, -0.2) is 0 Å². The quantitative estimate of drug-likeness (QED) is 0.858. The molecule has 0 atom stereocenters. The molecule has 0 spiro atoms. The van der Waals surface area contributed by atoms with E-state index in [1.165, 1.54) is 0 Å². The molecule has 1 heterocycles. The zero-order valence-corrected chi connectivity index (χ0v) is 10.7. The molecule has 0 aliphatic rings. The Morgan fingerprint density at radius 3 is 2.55 bits per heavy atom. The fourth-order valence-electron chi connectivity index (χ4n) is 1.75. The molecule has 0 amide bonds. The minimum absolute atomic E-state index is 0.0818. The van der Waals surface area contributed by atoms with Crippen molar-refractivity contribution in [3.63, 3.8) is 0 Å². The molecule has 108 valence electrons. The second kappa shape index (κ2) is 5.94.